The van der Waals surface area contributed by atoms with Crippen LogP contribution in [0.15, 0.2) is 55.1 Å². The van der Waals surface area contributed by atoms with Gasteiger partial charge in [-0.1, -0.05) is 30.3 Å². The van der Waals surface area contributed by atoms with E-state index in [1.54, 1.807) is 23.2 Å². The Bertz CT molecular complexity index is 1090. The van der Waals surface area contributed by atoms with Gasteiger partial charge in [-0.3, -0.25) is 9.36 Å². The van der Waals surface area contributed by atoms with Gasteiger partial charge in [0.1, 0.15) is 6.33 Å². The number of ether oxygens (including phenoxy) is 1. The molecule has 2 saturated heterocycles. The first kappa shape index (κ1) is 21.1. The lowest BCUT2D eigenvalue weighted by molar-refractivity contribution is -0.126. The first-order valence-corrected chi connectivity index (χ1v) is 11.1. The predicted molar refractivity (Wildman–Crippen MR) is 124 cm³/mol. The number of rotatable bonds is 5. The van der Waals surface area contributed by atoms with E-state index in [1.807, 2.05) is 47.5 Å². The largest absolute Gasteiger partial charge is 0.378 e. The number of anilines is 2. The van der Waals surface area contributed by atoms with E-state index in [2.05, 4.69) is 19.8 Å². The molecule has 3 aromatic rings. The molecular weight excluding hydrogens is 420 g/mol. The summed E-state index contributed by atoms with van der Waals surface area (Å²) in [5.41, 5.74) is 1.01. The van der Waals surface area contributed by atoms with Crippen LogP contribution < -0.4 is 9.80 Å². The molecular formula is C23H26N8O2. The van der Waals surface area contributed by atoms with Gasteiger partial charge in [0, 0.05) is 57.7 Å². The van der Waals surface area contributed by atoms with Gasteiger partial charge in [-0.25, -0.2) is 4.98 Å². The maximum Gasteiger partial charge on any atom is 0.246 e. The third-order valence-electron chi connectivity index (χ3n) is 5.72. The Hall–Kier alpha value is -3.79. The van der Waals surface area contributed by atoms with Crippen molar-refractivity contribution in [3.05, 3.63) is 60.7 Å². The third-order valence-corrected chi connectivity index (χ3v) is 5.72. The number of aromatic nitrogens is 5. The fraction of sp³-hybridized carbons (Fsp3) is 0.348. The molecule has 2 fully saturated rings. The van der Waals surface area contributed by atoms with Crippen molar-refractivity contribution in [2.75, 3.05) is 62.3 Å². The Morgan fingerprint density at radius 1 is 0.848 bits per heavy atom. The zero-order valence-electron chi connectivity index (χ0n) is 18.3. The van der Waals surface area contributed by atoms with Gasteiger partial charge in [-0.05, 0) is 11.6 Å². The highest BCUT2D eigenvalue weighted by Gasteiger charge is 2.24. The first-order valence-electron chi connectivity index (χ1n) is 11.1. The predicted octanol–water partition coefficient (Wildman–Crippen LogP) is 1.26. The standard InChI is InChI=1S/C23H26N8O2/c32-20(7-6-19-4-2-1-3-5-19)28-10-12-29(13-11-28)21-25-22(30-14-16-33-17-15-30)27-23(26-21)31-9-8-24-18-31/h1-9,18H,10-17H2/b7-6+. The van der Waals surface area contributed by atoms with E-state index in [1.165, 1.54) is 0 Å². The molecule has 2 aliphatic heterocycles. The van der Waals surface area contributed by atoms with Crippen LogP contribution in [-0.2, 0) is 9.53 Å². The molecule has 0 spiro atoms. The van der Waals surface area contributed by atoms with Crippen molar-refractivity contribution in [2.45, 2.75) is 0 Å². The number of carbonyl (C=O) groups is 1. The Balaban J connectivity index is 1.30. The number of hydrogen-bond acceptors (Lipinski definition) is 8. The van der Waals surface area contributed by atoms with Crippen molar-refractivity contribution >= 4 is 23.9 Å². The molecule has 10 nitrogen and oxygen atoms in total. The highest BCUT2D eigenvalue weighted by molar-refractivity contribution is 5.91. The van der Waals surface area contributed by atoms with Gasteiger partial charge < -0.3 is 19.4 Å². The molecule has 10 heteroatoms. The Morgan fingerprint density at radius 3 is 2.18 bits per heavy atom. The van der Waals surface area contributed by atoms with E-state index in [0.29, 0.717) is 57.2 Å². The van der Waals surface area contributed by atoms with Gasteiger partial charge in [-0.2, -0.15) is 15.0 Å². The molecule has 0 radical (unpaired) electrons. The molecule has 0 atom stereocenters. The molecule has 0 saturated carbocycles. The number of morpholine rings is 1. The van der Waals surface area contributed by atoms with E-state index in [-0.39, 0.29) is 5.91 Å². The average Bonchev–Trinajstić information content (AvgIpc) is 3.44. The first-order chi connectivity index (χ1) is 16.3. The van der Waals surface area contributed by atoms with Gasteiger partial charge >= 0.3 is 0 Å². The Kier molecular flexibility index (Phi) is 6.25. The lowest BCUT2D eigenvalue weighted by Gasteiger charge is -2.35. The summed E-state index contributed by atoms with van der Waals surface area (Å²) in [5.74, 6) is 1.80. The minimum Gasteiger partial charge on any atom is -0.378 e. The number of hydrogen-bond donors (Lipinski definition) is 0. The van der Waals surface area contributed by atoms with E-state index >= 15 is 0 Å². The zero-order valence-corrected chi connectivity index (χ0v) is 18.3. The Labute approximate surface area is 192 Å². The molecule has 0 aliphatic carbocycles. The molecule has 0 bridgehead atoms. The molecule has 2 aliphatic rings. The van der Waals surface area contributed by atoms with Crippen molar-refractivity contribution in [1.29, 1.82) is 0 Å². The van der Waals surface area contributed by atoms with E-state index in [0.717, 1.165) is 18.7 Å². The van der Waals surface area contributed by atoms with Crippen LogP contribution in [0.1, 0.15) is 5.56 Å². The van der Waals surface area contributed by atoms with Crippen LogP contribution in [0.3, 0.4) is 0 Å². The second-order valence-corrected chi connectivity index (χ2v) is 7.86. The molecule has 5 rings (SSSR count). The van der Waals surface area contributed by atoms with Crippen LogP contribution in [0, 0.1) is 0 Å². The summed E-state index contributed by atoms with van der Waals surface area (Å²) in [6, 6.07) is 9.84. The van der Waals surface area contributed by atoms with Crippen molar-refractivity contribution in [1.82, 2.24) is 29.4 Å². The van der Waals surface area contributed by atoms with Gasteiger partial charge in [0.15, 0.2) is 0 Å². The zero-order chi connectivity index (χ0) is 22.5. The molecule has 0 unspecified atom stereocenters. The summed E-state index contributed by atoms with van der Waals surface area (Å²) in [6.45, 7) is 5.30. The van der Waals surface area contributed by atoms with Gasteiger partial charge in [0.25, 0.3) is 0 Å². The molecule has 2 aromatic heterocycles. The second kappa shape index (κ2) is 9.78. The number of nitrogens with zero attached hydrogens (tertiary/aromatic N) is 8. The number of imidazole rings is 1. The summed E-state index contributed by atoms with van der Waals surface area (Å²) in [7, 11) is 0. The third kappa shape index (κ3) is 5.01. The summed E-state index contributed by atoms with van der Waals surface area (Å²) in [6.07, 6.45) is 8.69. The lowest BCUT2D eigenvalue weighted by atomic mass is 10.2. The minimum absolute atomic E-state index is 0.0160. The summed E-state index contributed by atoms with van der Waals surface area (Å²) >= 11 is 0. The Morgan fingerprint density at radius 2 is 1.52 bits per heavy atom. The highest BCUT2D eigenvalue weighted by atomic mass is 16.5. The van der Waals surface area contributed by atoms with E-state index in [4.69, 9.17) is 14.7 Å². The van der Waals surface area contributed by atoms with Crippen molar-refractivity contribution in [3.63, 3.8) is 0 Å². The maximum atomic E-state index is 12.6. The molecule has 0 N–H and O–H groups in total. The van der Waals surface area contributed by atoms with Crippen LogP contribution in [-0.4, -0.2) is 87.8 Å². The van der Waals surface area contributed by atoms with Crippen LogP contribution in [0.5, 0.6) is 0 Å². The van der Waals surface area contributed by atoms with Gasteiger partial charge in [0.2, 0.25) is 23.8 Å². The number of amides is 1. The summed E-state index contributed by atoms with van der Waals surface area (Å²) in [5, 5.41) is 0. The minimum atomic E-state index is 0.0160. The monoisotopic (exact) mass is 446 g/mol. The maximum absolute atomic E-state index is 12.6. The van der Waals surface area contributed by atoms with Crippen LogP contribution >= 0.6 is 0 Å². The second-order valence-electron chi connectivity index (χ2n) is 7.86. The number of carbonyl (C=O) groups excluding carboxylic acids is 1. The summed E-state index contributed by atoms with van der Waals surface area (Å²) < 4.78 is 7.25. The quantitative estimate of drug-likeness (QED) is 0.541. The van der Waals surface area contributed by atoms with Gasteiger partial charge in [0.05, 0.1) is 13.2 Å². The van der Waals surface area contributed by atoms with E-state index < -0.39 is 0 Å². The lowest BCUT2D eigenvalue weighted by Crippen LogP contribution is -2.49. The number of benzene rings is 1. The summed E-state index contributed by atoms with van der Waals surface area (Å²) in [4.78, 5) is 36.9. The van der Waals surface area contributed by atoms with Crippen LogP contribution in [0.2, 0.25) is 0 Å². The van der Waals surface area contributed by atoms with Gasteiger partial charge in [-0.15, -0.1) is 0 Å². The molecule has 1 amide bonds. The van der Waals surface area contributed by atoms with Crippen LogP contribution in [0.25, 0.3) is 12.0 Å². The molecule has 1 aromatic carbocycles. The fourth-order valence-corrected chi connectivity index (χ4v) is 3.85. The van der Waals surface area contributed by atoms with Crippen molar-refractivity contribution in [3.8, 4) is 5.95 Å². The van der Waals surface area contributed by atoms with Crippen molar-refractivity contribution in [2.24, 2.45) is 0 Å². The average molecular weight is 447 g/mol. The van der Waals surface area contributed by atoms with Crippen molar-refractivity contribution < 1.29 is 9.53 Å². The normalized spacial score (nSPS) is 17.0. The molecule has 33 heavy (non-hydrogen) atoms. The molecule has 170 valence electrons. The topological polar surface area (TPSA) is 92.5 Å². The SMILES string of the molecule is O=C(/C=C/c1ccccc1)N1CCN(c2nc(N3CCOCC3)nc(-n3ccnc3)n2)CC1. The van der Waals surface area contributed by atoms with E-state index in [9.17, 15) is 4.79 Å². The highest BCUT2D eigenvalue weighted by Crippen LogP contribution is 2.19. The smallest absolute Gasteiger partial charge is 0.246 e. The fourth-order valence-electron chi connectivity index (χ4n) is 3.85. The van der Waals surface area contributed by atoms with Crippen LogP contribution in [0.4, 0.5) is 11.9 Å². The number of piperazine rings is 1. The molecule has 4 heterocycles.